The molecule has 7 heteroatoms. The lowest BCUT2D eigenvalue weighted by atomic mass is 10.1. The fraction of sp³-hybridized carbons (Fsp3) is 0.273. The Balaban J connectivity index is 2.41. The van der Waals surface area contributed by atoms with Gasteiger partial charge >= 0.3 is 0 Å². The van der Waals surface area contributed by atoms with Crippen LogP contribution in [0.4, 0.5) is 5.69 Å². The maximum Gasteiger partial charge on any atom is 0.261 e. The number of fused-ring (bicyclic) bond motifs is 1. The number of sulfonamides is 1. The Morgan fingerprint density at radius 1 is 1.17 bits per heavy atom. The molecule has 96 valence electrons. The second kappa shape index (κ2) is 4.09. The van der Waals surface area contributed by atoms with Crippen molar-refractivity contribution in [3.8, 4) is 0 Å². The summed E-state index contributed by atoms with van der Waals surface area (Å²) >= 11 is 0. The Labute approximate surface area is 105 Å². The number of carbonyl (C=O) groups excluding carboxylic acids is 2. The number of nitrogens with one attached hydrogen (secondary N) is 1. The highest BCUT2D eigenvalue weighted by Crippen LogP contribution is 2.25. The van der Waals surface area contributed by atoms with Crippen molar-refractivity contribution in [3.63, 3.8) is 0 Å². The van der Waals surface area contributed by atoms with Gasteiger partial charge in [-0.1, -0.05) is 0 Å². The number of hydrogen-bond acceptors (Lipinski definition) is 4. The van der Waals surface area contributed by atoms with Crippen LogP contribution in [0, 0.1) is 0 Å². The van der Waals surface area contributed by atoms with E-state index in [0.717, 1.165) is 4.90 Å². The summed E-state index contributed by atoms with van der Waals surface area (Å²) in [5.41, 5.74) is 0.799. The molecule has 0 saturated heterocycles. The predicted molar refractivity (Wildman–Crippen MR) is 65.9 cm³/mol. The molecule has 0 bridgehead atoms. The number of anilines is 1. The van der Waals surface area contributed by atoms with E-state index >= 15 is 0 Å². The van der Waals surface area contributed by atoms with Gasteiger partial charge in [0, 0.05) is 12.7 Å². The zero-order valence-electron chi connectivity index (χ0n) is 9.93. The average Bonchev–Trinajstić information content (AvgIpc) is 2.54. The standard InChI is InChI=1S/C11H12N2O4S/c1-3-18(16,17)12-7-4-5-8-9(6-7)11(15)13(2)10(8)14/h4-6,12H,3H2,1-2H3. The second-order valence-corrected chi connectivity index (χ2v) is 5.95. The minimum atomic E-state index is -3.39. The number of benzene rings is 1. The maximum atomic E-state index is 11.7. The van der Waals surface area contributed by atoms with Gasteiger partial charge in [0.25, 0.3) is 11.8 Å². The van der Waals surface area contributed by atoms with Crippen LogP contribution in [-0.2, 0) is 10.0 Å². The fourth-order valence-electron chi connectivity index (χ4n) is 1.68. The Morgan fingerprint density at radius 2 is 1.78 bits per heavy atom. The lowest BCUT2D eigenvalue weighted by molar-refractivity contribution is 0.0693. The molecule has 1 aliphatic heterocycles. The van der Waals surface area contributed by atoms with E-state index in [2.05, 4.69) is 4.72 Å². The quantitative estimate of drug-likeness (QED) is 0.817. The third-order valence-electron chi connectivity index (χ3n) is 2.74. The number of imide groups is 1. The van der Waals surface area contributed by atoms with Crippen molar-refractivity contribution in [3.05, 3.63) is 29.3 Å². The van der Waals surface area contributed by atoms with E-state index in [4.69, 9.17) is 0 Å². The van der Waals surface area contributed by atoms with Crippen LogP contribution in [0.3, 0.4) is 0 Å². The first-order valence-corrected chi connectivity index (χ1v) is 6.98. The lowest BCUT2D eigenvalue weighted by Gasteiger charge is -2.06. The van der Waals surface area contributed by atoms with E-state index < -0.39 is 15.9 Å². The average molecular weight is 268 g/mol. The molecule has 0 saturated carbocycles. The molecule has 1 aliphatic rings. The van der Waals surface area contributed by atoms with Gasteiger partial charge in [-0.15, -0.1) is 0 Å². The molecular formula is C11H12N2O4S. The Morgan fingerprint density at radius 3 is 2.39 bits per heavy atom. The molecule has 0 aliphatic carbocycles. The third-order valence-corrected chi connectivity index (χ3v) is 4.05. The summed E-state index contributed by atoms with van der Waals surface area (Å²) < 4.78 is 25.1. The molecule has 0 fully saturated rings. The molecule has 0 radical (unpaired) electrons. The summed E-state index contributed by atoms with van der Waals surface area (Å²) in [5.74, 6) is -0.857. The highest BCUT2D eigenvalue weighted by atomic mass is 32.2. The molecule has 0 atom stereocenters. The molecule has 1 N–H and O–H groups in total. The second-order valence-electron chi connectivity index (χ2n) is 3.94. The van der Waals surface area contributed by atoms with Gasteiger partial charge in [-0.2, -0.15) is 0 Å². The van der Waals surface area contributed by atoms with Gasteiger partial charge in [0.15, 0.2) is 0 Å². The van der Waals surface area contributed by atoms with Crippen molar-refractivity contribution in [1.82, 2.24) is 4.90 Å². The van der Waals surface area contributed by atoms with Gasteiger partial charge in [-0.05, 0) is 25.1 Å². The van der Waals surface area contributed by atoms with Crippen LogP contribution in [0.2, 0.25) is 0 Å². The van der Waals surface area contributed by atoms with E-state index in [1.807, 2.05) is 0 Å². The van der Waals surface area contributed by atoms with Crippen molar-refractivity contribution in [2.45, 2.75) is 6.92 Å². The smallest absolute Gasteiger partial charge is 0.261 e. The minimum Gasteiger partial charge on any atom is -0.284 e. The van der Waals surface area contributed by atoms with Crippen LogP contribution in [0.25, 0.3) is 0 Å². The normalized spacial score (nSPS) is 14.9. The minimum absolute atomic E-state index is 0.0587. The van der Waals surface area contributed by atoms with Crippen molar-refractivity contribution in [2.24, 2.45) is 0 Å². The van der Waals surface area contributed by atoms with Crippen LogP contribution in [0.5, 0.6) is 0 Å². The Bertz CT molecular complexity index is 636. The summed E-state index contributed by atoms with van der Waals surface area (Å²) in [6, 6.07) is 4.30. The first-order chi connectivity index (χ1) is 8.35. The summed E-state index contributed by atoms with van der Waals surface area (Å²) in [7, 11) is -2.00. The Kier molecular flexibility index (Phi) is 2.86. The zero-order valence-corrected chi connectivity index (χ0v) is 10.7. The van der Waals surface area contributed by atoms with E-state index in [1.54, 1.807) is 0 Å². The molecule has 0 spiro atoms. The van der Waals surface area contributed by atoms with Gasteiger partial charge in [0.1, 0.15) is 0 Å². The lowest BCUT2D eigenvalue weighted by Crippen LogP contribution is -2.24. The number of hydrogen-bond donors (Lipinski definition) is 1. The third kappa shape index (κ3) is 1.97. The van der Waals surface area contributed by atoms with Gasteiger partial charge in [0.2, 0.25) is 10.0 Å². The topological polar surface area (TPSA) is 83.6 Å². The van der Waals surface area contributed by atoms with E-state index in [1.165, 1.54) is 32.2 Å². The van der Waals surface area contributed by atoms with Crippen molar-refractivity contribution in [1.29, 1.82) is 0 Å². The van der Waals surface area contributed by atoms with E-state index in [-0.39, 0.29) is 22.9 Å². The zero-order chi connectivity index (χ0) is 13.5. The summed E-state index contributed by atoms with van der Waals surface area (Å²) in [6.07, 6.45) is 0. The molecule has 1 heterocycles. The maximum absolute atomic E-state index is 11.7. The SMILES string of the molecule is CCS(=O)(=O)Nc1ccc2c(c1)C(=O)N(C)C2=O. The number of nitrogens with zero attached hydrogens (tertiary/aromatic N) is 1. The largest absolute Gasteiger partial charge is 0.284 e. The monoisotopic (exact) mass is 268 g/mol. The van der Waals surface area contributed by atoms with Crippen molar-refractivity contribution >= 4 is 27.5 Å². The molecule has 0 unspecified atom stereocenters. The van der Waals surface area contributed by atoms with Gasteiger partial charge in [0.05, 0.1) is 16.9 Å². The molecule has 0 aromatic heterocycles. The summed E-state index contributed by atoms with van der Waals surface area (Å²) in [4.78, 5) is 24.4. The number of amides is 2. The molecule has 2 amide bonds. The van der Waals surface area contributed by atoms with Crippen LogP contribution >= 0.6 is 0 Å². The molecule has 2 rings (SSSR count). The fourth-order valence-corrected chi connectivity index (χ4v) is 2.31. The van der Waals surface area contributed by atoms with Crippen LogP contribution in [-0.4, -0.2) is 37.9 Å². The van der Waals surface area contributed by atoms with Crippen molar-refractivity contribution in [2.75, 3.05) is 17.5 Å². The molecular weight excluding hydrogens is 256 g/mol. The number of carbonyl (C=O) groups is 2. The van der Waals surface area contributed by atoms with Gasteiger partial charge < -0.3 is 0 Å². The Hall–Kier alpha value is -1.89. The molecule has 18 heavy (non-hydrogen) atoms. The van der Waals surface area contributed by atoms with Crippen LogP contribution < -0.4 is 4.72 Å². The highest BCUT2D eigenvalue weighted by molar-refractivity contribution is 7.92. The molecule has 1 aromatic rings. The van der Waals surface area contributed by atoms with Crippen LogP contribution in [0.15, 0.2) is 18.2 Å². The van der Waals surface area contributed by atoms with E-state index in [0.29, 0.717) is 5.56 Å². The van der Waals surface area contributed by atoms with Gasteiger partial charge in [-0.25, -0.2) is 8.42 Å². The summed E-state index contributed by atoms with van der Waals surface area (Å²) in [6.45, 7) is 1.51. The molecule has 1 aromatic carbocycles. The van der Waals surface area contributed by atoms with Crippen molar-refractivity contribution < 1.29 is 18.0 Å². The molecule has 6 nitrogen and oxygen atoms in total. The first kappa shape index (κ1) is 12.6. The predicted octanol–water partition coefficient (Wildman–Crippen LogP) is 0.674. The first-order valence-electron chi connectivity index (χ1n) is 5.32. The van der Waals surface area contributed by atoms with E-state index in [9.17, 15) is 18.0 Å². The van der Waals surface area contributed by atoms with Crippen LogP contribution in [0.1, 0.15) is 27.6 Å². The number of rotatable bonds is 3. The van der Waals surface area contributed by atoms with Gasteiger partial charge in [-0.3, -0.25) is 19.2 Å². The highest BCUT2D eigenvalue weighted by Gasteiger charge is 2.32. The summed E-state index contributed by atoms with van der Waals surface area (Å²) in [5, 5.41) is 0.